The lowest BCUT2D eigenvalue weighted by Gasteiger charge is -2.24. The lowest BCUT2D eigenvalue weighted by atomic mass is 9.99. The van der Waals surface area contributed by atoms with Gasteiger partial charge in [0, 0.05) is 6.54 Å². The van der Waals surface area contributed by atoms with Gasteiger partial charge in [-0.2, -0.15) is 0 Å². The van der Waals surface area contributed by atoms with Crippen LogP contribution in [0.3, 0.4) is 0 Å². The van der Waals surface area contributed by atoms with Crippen LogP contribution in [-0.4, -0.2) is 23.2 Å². The van der Waals surface area contributed by atoms with Crippen LogP contribution in [0.15, 0.2) is 47.1 Å². The highest BCUT2D eigenvalue weighted by molar-refractivity contribution is 5.86. The van der Waals surface area contributed by atoms with Crippen molar-refractivity contribution in [3.05, 3.63) is 54.0 Å². The average molecular weight is 346 g/mol. The predicted molar refractivity (Wildman–Crippen MR) is 91.3 cm³/mol. The number of hydrogen-bond donors (Lipinski definition) is 3. The summed E-state index contributed by atoms with van der Waals surface area (Å²) in [4.78, 5) is 23.7. The maximum atomic E-state index is 12.1. The lowest BCUT2D eigenvalue weighted by molar-refractivity contribution is -0.144. The Balaban J connectivity index is 1.99. The number of ether oxygens (including phenoxy) is 1. The van der Waals surface area contributed by atoms with Crippen LogP contribution in [0.25, 0.3) is 0 Å². The van der Waals surface area contributed by atoms with Crippen molar-refractivity contribution in [2.75, 3.05) is 0 Å². The van der Waals surface area contributed by atoms with Gasteiger partial charge in [0.05, 0.1) is 12.4 Å². The smallest absolute Gasteiger partial charge is 0.337 e. The third-order valence-electron chi connectivity index (χ3n) is 3.53. The molecule has 0 radical (unpaired) electrons. The molecule has 2 aromatic rings. The van der Waals surface area contributed by atoms with Gasteiger partial charge in [0.25, 0.3) is 0 Å². The van der Waals surface area contributed by atoms with Crippen LogP contribution in [0.4, 0.5) is 4.79 Å². The standard InChI is InChI=1S/C18H22N2O5/c1-12(2)25-14-7-4-6-13(10-14)11-19-17(23)20-18(3,16(21)22)15-8-5-9-24-15/h4-10,12H,11H2,1-3H3,(H,21,22)(H2,19,20,23)/t18-/m1/s1. The molecule has 7 nitrogen and oxygen atoms in total. The number of urea groups is 1. The van der Waals surface area contributed by atoms with E-state index in [9.17, 15) is 14.7 Å². The van der Waals surface area contributed by atoms with Crippen molar-refractivity contribution in [2.45, 2.75) is 39.0 Å². The van der Waals surface area contributed by atoms with Gasteiger partial charge in [0.15, 0.2) is 5.54 Å². The molecule has 0 bridgehead atoms. The fourth-order valence-corrected chi connectivity index (χ4v) is 2.24. The number of furan rings is 1. The average Bonchev–Trinajstić information content (AvgIpc) is 3.07. The molecule has 1 aromatic carbocycles. The molecule has 1 atom stereocenters. The Morgan fingerprint density at radius 3 is 2.64 bits per heavy atom. The monoisotopic (exact) mass is 346 g/mol. The SMILES string of the molecule is CC(C)Oc1cccc(CNC(=O)N[C@@](C)(C(=O)O)c2ccco2)c1. The minimum absolute atomic E-state index is 0.0519. The molecule has 0 saturated carbocycles. The van der Waals surface area contributed by atoms with Crippen molar-refractivity contribution in [3.63, 3.8) is 0 Å². The molecule has 25 heavy (non-hydrogen) atoms. The predicted octanol–water partition coefficient (Wildman–Crippen LogP) is 2.87. The second kappa shape index (κ2) is 7.74. The Labute approximate surface area is 146 Å². The fraction of sp³-hybridized carbons (Fsp3) is 0.333. The van der Waals surface area contributed by atoms with Gasteiger partial charge in [0.1, 0.15) is 11.5 Å². The molecule has 0 saturated heterocycles. The van der Waals surface area contributed by atoms with E-state index in [2.05, 4.69) is 10.6 Å². The Hall–Kier alpha value is -2.96. The van der Waals surface area contributed by atoms with Crippen molar-refractivity contribution in [1.29, 1.82) is 0 Å². The number of carboxylic acid groups (broad SMARTS) is 1. The van der Waals surface area contributed by atoms with Crippen LogP contribution in [0.1, 0.15) is 32.1 Å². The molecular weight excluding hydrogens is 324 g/mol. The third-order valence-corrected chi connectivity index (χ3v) is 3.53. The molecule has 0 spiro atoms. The highest BCUT2D eigenvalue weighted by Gasteiger charge is 2.39. The summed E-state index contributed by atoms with van der Waals surface area (Å²) in [5, 5.41) is 14.5. The van der Waals surface area contributed by atoms with Gasteiger partial charge in [-0.25, -0.2) is 9.59 Å². The maximum absolute atomic E-state index is 12.1. The largest absolute Gasteiger partial charge is 0.491 e. The van der Waals surface area contributed by atoms with Gasteiger partial charge in [-0.3, -0.25) is 0 Å². The normalized spacial score (nSPS) is 13.1. The van der Waals surface area contributed by atoms with Gasteiger partial charge in [-0.1, -0.05) is 12.1 Å². The Morgan fingerprint density at radius 2 is 2.04 bits per heavy atom. The summed E-state index contributed by atoms with van der Waals surface area (Å²) in [7, 11) is 0. The zero-order chi connectivity index (χ0) is 18.4. The number of rotatable bonds is 7. The van der Waals surface area contributed by atoms with Gasteiger partial charge in [0.2, 0.25) is 0 Å². The molecule has 7 heteroatoms. The number of benzene rings is 1. The zero-order valence-corrected chi connectivity index (χ0v) is 14.4. The third kappa shape index (κ3) is 4.76. The van der Waals surface area contributed by atoms with Crippen LogP contribution in [-0.2, 0) is 16.9 Å². The van der Waals surface area contributed by atoms with Crippen molar-refractivity contribution in [3.8, 4) is 5.75 Å². The van der Waals surface area contributed by atoms with Gasteiger partial charge in [-0.05, 0) is 50.6 Å². The second-order valence-corrected chi connectivity index (χ2v) is 6.03. The Kier molecular flexibility index (Phi) is 5.69. The minimum Gasteiger partial charge on any atom is -0.491 e. The van der Waals surface area contributed by atoms with E-state index in [1.165, 1.54) is 19.3 Å². The van der Waals surface area contributed by atoms with Crippen LogP contribution < -0.4 is 15.4 Å². The molecule has 2 amide bonds. The van der Waals surface area contributed by atoms with E-state index in [-0.39, 0.29) is 18.4 Å². The van der Waals surface area contributed by atoms with E-state index in [0.29, 0.717) is 5.75 Å². The molecule has 0 aliphatic rings. The molecule has 0 unspecified atom stereocenters. The number of carboxylic acids is 1. The Bertz CT molecular complexity index is 727. The number of amides is 2. The Morgan fingerprint density at radius 1 is 1.28 bits per heavy atom. The summed E-state index contributed by atoms with van der Waals surface area (Å²) in [6.07, 6.45) is 1.41. The first-order chi connectivity index (χ1) is 11.8. The number of carbonyl (C=O) groups excluding carboxylic acids is 1. The first-order valence-electron chi connectivity index (χ1n) is 7.90. The molecule has 0 aliphatic heterocycles. The van der Waals surface area contributed by atoms with E-state index in [0.717, 1.165) is 5.56 Å². The van der Waals surface area contributed by atoms with Crippen LogP contribution in [0.5, 0.6) is 5.75 Å². The number of aliphatic carboxylic acids is 1. The number of nitrogens with one attached hydrogen (secondary N) is 2. The zero-order valence-electron chi connectivity index (χ0n) is 14.4. The minimum atomic E-state index is -1.66. The first-order valence-corrected chi connectivity index (χ1v) is 7.90. The van der Waals surface area contributed by atoms with Crippen molar-refractivity contribution >= 4 is 12.0 Å². The van der Waals surface area contributed by atoms with Crippen LogP contribution in [0, 0.1) is 0 Å². The number of carbonyl (C=O) groups is 2. The lowest BCUT2D eigenvalue weighted by Crippen LogP contribution is -2.52. The van der Waals surface area contributed by atoms with Crippen molar-refractivity contribution in [2.24, 2.45) is 0 Å². The van der Waals surface area contributed by atoms with E-state index in [4.69, 9.17) is 9.15 Å². The second-order valence-electron chi connectivity index (χ2n) is 6.03. The van der Waals surface area contributed by atoms with Gasteiger partial charge >= 0.3 is 12.0 Å². The summed E-state index contributed by atoms with van der Waals surface area (Å²) in [6, 6.07) is 9.78. The summed E-state index contributed by atoms with van der Waals surface area (Å²) in [5.74, 6) is -0.368. The van der Waals surface area contributed by atoms with E-state index in [1.807, 2.05) is 38.1 Å². The topological polar surface area (TPSA) is 101 Å². The highest BCUT2D eigenvalue weighted by Crippen LogP contribution is 2.21. The summed E-state index contributed by atoms with van der Waals surface area (Å²) < 4.78 is 10.7. The number of hydrogen-bond acceptors (Lipinski definition) is 4. The van der Waals surface area contributed by atoms with Gasteiger partial charge < -0.3 is 24.9 Å². The summed E-state index contributed by atoms with van der Waals surface area (Å²) >= 11 is 0. The maximum Gasteiger partial charge on any atom is 0.337 e. The summed E-state index contributed by atoms with van der Waals surface area (Å²) in [5.41, 5.74) is -0.820. The van der Waals surface area contributed by atoms with Crippen LogP contribution >= 0.6 is 0 Å². The van der Waals surface area contributed by atoms with E-state index < -0.39 is 17.5 Å². The van der Waals surface area contributed by atoms with Gasteiger partial charge in [-0.15, -0.1) is 0 Å². The molecule has 1 aromatic heterocycles. The molecule has 3 N–H and O–H groups in total. The van der Waals surface area contributed by atoms with Crippen LogP contribution in [0.2, 0.25) is 0 Å². The highest BCUT2D eigenvalue weighted by atomic mass is 16.5. The molecule has 134 valence electrons. The molecule has 2 rings (SSSR count). The van der Waals surface area contributed by atoms with E-state index >= 15 is 0 Å². The first kappa shape index (κ1) is 18.4. The van der Waals surface area contributed by atoms with Crippen molar-refractivity contribution in [1.82, 2.24) is 10.6 Å². The fourth-order valence-electron chi connectivity index (χ4n) is 2.24. The van der Waals surface area contributed by atoms with Crippen molar-refractivity contribution < 1.29 is 23.8 Å². The van der Waals surface area contributed by atoms with E-state index in [1.54, 1.807) is 6.07 Å². The quantitative estimate of drug-likeness (QED) is 0.716. The summed E-state index contributed by atoms with van der Waals surface area (Å²) in [6.45, 7) is 5.46. The molecule has 0 aliphatic carbocycles. The molecule has 0 fully saturated rings. The molecular formula is C18H22N2O5. The molecule has 1 heterocycles.